The quantitative estimate of drug-likeness (QED) is 0.708. The summed E-state index contributed by atoms with van der Waals surface area (Å²) in [7, 11) is 0. The number of carbonyl (C=O) groups is 1. The Morgan fingerprint density at radius 1 is 1.13 bits per heavy atom. The van der Waals surface area contributed by atoms with Crippen LogP contribution in [0.25, 0.3) is 0 Å². The average molecular weight is 213 g/mol. The van der Waals surface area contributed by atoms with Crippen LogP contribution in [0.1, 0.15) is 32.1 Å². The molecule has 1 aliphatic carbocycles. The van der Waals surface area contributed by atoms with E-state index in [4.69, 9.17) is 5.11 Å². The molecule has 1 heterocycles. The highest BCUT2D eigenvalue weighted by atomic mass is 16.4. The Kier molecular flexibility index (Phi) is 3.26. The fourth-order valence-corrected chi connectivity index (χ4v) is 2.79. The summed E-state index contributed by atoms with van der Waals surface area (Å²) in [6, 6.07) is 0.512. The summed E-state index contributed by atoms with van der Waals surface area (Å²) in [6.45, 7) is 1.76. The lowest BCUT2D eigenvalue weighted by Gasteiger charge is -2.33. The first kappa shape index (κ1) is 10.9. The van der Waals surface area contributed by atoms with E-state index in [2.05, 4.69) is 4.90 Å². The van der Waals surface area contributed by atoms with Gasteiger partial charge in [0.15, 0.2) is 0 Å². The van der Waals surface area contributed by atoms with Crippen LogP contribution < -0.4 is 0 Å². The van der Waals surface area contributed by atoms with Gasteiger partial charge in [-0.05, 0) is 32.1 Å². The molecule has 2 N–H and O–H groups in total. The molecule has 2 rings (SSSR count). The molecule has 1 saturated heterocycles. The van der Waals surface area contributed by atoms with Crippen molar-refractivity contribution in [2.75, 3.05) is 13.1 Å². The zero-order valence-electron chi connectivity index (χ0n) is 8.93. The van der Waals surface area contributed by atoms with Gasteiger partial charge in [0.2, 0.25) is 0 Å². The molecule has 86 valence electrons. The molecule has 0 bridgehead atoms. The van der Waals surface area contributed by atoms with E-state index in [1.165, 1.54) is 0 Å². The number of hydrogen-bond acceptors (Lipinski definition) is 3. The summed E-state index contributed by atoms with van der Waals surface area (Å²) in [5, 5.41) is 18.3. The molecule has 2 fully saturated rings. The third kappa shape index (κ3) is 2.49. The number of nitrogens with zero attached hydrogens (tertiary/aromatic N) is 1. The van der Waals surface area contributed by atoms with Crippen molar-refractivity contribution in [1.82, 2.24) is 4.90 Å². The van der Waals surface area contributed by atoms with Crippen molar-refractivity contribution in [3.8, 4) is 0 Å². The molecule has 0 amide bonds. The van der Waals surface area contributed by atoms with Gasteiger partial charge < -0.3 is 10.2 Å². The summed E-state index contributed by atoms with van der Waals surface area (Å²) in [6.07, 6.45) is 4.26. The van der Waals surface area contributed by atoms with Gasteiger partial charge in [0.25, 0.3) is 0 Å². The van der Waals surface area contributed by atoms with E-state index in [0.717, 1.165) is 45.2 Å². The molecule has 4 nitrogen and oxygen atoms in total. The largest absolute Gasteiger partial charge is 0.481 e. The van der Waals surface area contributed by atoms with Crippen molar-refractivity contribution < 1.29 is 15.0 Å². The Morgan fingerprint density at radius 3 is 2.27 bits per heavy atom. The van der Waals surface area contributed by atoms with Crippen LogP contribution in [0.5, 0.6) is 0 Å². The molecule has 1 saturated carbocycles. The molecule has 0 aromatic rings. The fraction of sp³-hybridized carbons (Fsp3) is 0.909. The zero-order chi connectivity index (χ0) is 10.8. The third-order valence-corrected chi connectivity index (χ3v) is 3.76. The Bertz CT molecular complexity index is 236. The maximum Gasteiger partial charge on any atom is 0.306 e. The van der Waals surface area contributed by atoms with Crippen molar-refractivity contribution in [3.05, 3.63) is 0 Å². The van der Waals surface area contributed by atoms with Gasteiger partial charge in [-0.1, -0.05) is 0 Å². The maximum absolute atomic E-state index is 10.8. The predicted octanol–water partition coefficient (Wildman–Crippen LogP) is 0.696. The van der Waals surface area contributed by atoms with Gasteiger partial charge in [-0.2, -0.15) is 0 Å². The number of carboxylic acid groups (broad SMARTS) is 1. The van der Waals surface area contributed by atoms with Crippen molar-refractivity contribution in [2.45, 2.75) is 44.2 Å². The van der Waals surface area contributed by atoms with E-state index in [1.54, 1.807) is 0 Å². The van der Waals surface area contributed by atoms with Crippen molar-refractivity contribution in [1.29, 1.82) is 0 Å². The minimum Gasteiger partial charge on any atom is -0.481 e. The van der Waals surface area contributed by atoms with Crippen LogP contribution in [-0.4, -0.2) is 46.3 Å². The molecule has 0 radical (unpaired) electrons. The molecule has 4 heteroatoms. The second kappa shape index (κ2) is 4.49. The van der Waals surface area contributed by atoms with E-state index in [-0.39, 0.29) is 12.0 Å². The van der Waals surface area contributed by atoms with Gasteiger partial charge in [-0.15, -0.1) is 0 Å². The molecule has 2 aliphatic rings. The summed E-state index contributed by atoms with van der Waals surface area (Å²) >= 11 is 0. The van der Waals surface area contributed by atoms with Crippen LogP contribution >= 0.6 is 0 Å². The second-order valence-electron chi connectivity index (χ2n) is 4.78. The average Bonchev–Trinajstić information content (AvgIpc) is 2.65. The summed E-state index contributed by atoms with van der Waals surface area (Å²) in [5.74, 6) is -0.774. The Balaban J connectivity index is 1.80. The number of β-amino-alcohol motifs (C(OH)–C–C–N with tert-alkyl or cyclic N) is 1. The number of hydrogen-bond donors (Lipinski definition) is 2. The van der Waals surface area contributed by atoms with Crippen LogP contribution in [0.4, 0.5) is 0 Å². The molecule has 0 spiro atoms. The Labute approximate surface area is 89.9 Å². The van der Waals surface area contributed by atoms with Crippen LogP contribution in [0.2, 0.25) is 0 Å². The van der Waals surface area contributed by atoms with Gasteiger partial charge in [-0.3, -0.25) is 9.69 Å². The van der Waals surface area contributed by atoms with Crippen LogP contribution in [0, 0.1) is 5.92 Å². The first-order valence-electron chi connectivity index (χ1n) is 5.81. The lowest BCUT2D eigenvalue weighted by Crippen LogP contribution is -2.38. The third-order valence-electron chi connectivity index (χ3n) is 3.76. The lowest BCUT2D eigenvalue weighted by atomic mass is 9.85. The maximum atomic E-state index is 10.8. The molecular formula is C11H19NO3. The zero-order valence-corrected chi connectivity index (χ0v) is 8.93. The number of aliphatic carboxylic acids is 1. The van der Waals surface area contributed by atoms with Gasteiger partial charge in [0.05, 0.1) is 12.0 Å². The van der Waals surface area contributed by atoms with Gasteiger partial charge in [0, 0.05) is 19.1 Å². The minimum absolute atomic E-state index is 0.131. The summed E-state index contributed by atoms with van der Waals surface area (Å²) in [5.41, 5.74) is 0. The van der Waals surface area contributed by atoms with Crippen LogP contribution in [0.3, 0.4) is 0 Å². The molecule has 1 aliphatic heterocycles. The lowest BCUT2D eigenvalue weighted by molar-refractivity contribution is -0.143. The van der Waals surface area contributed by atoms with E-state index in [1.807, 2.05) is 0 Å². The molecule has 1 atom stereocenters. The van der Waals surface area contributed by atoms with E-state index < -0.39 is 5.97 Å². The molecule has 1 unspecified atom stereocenters. The monoisotopic (exact) mass is 213 g/mol. The topological polar surface area (TPSA) is 60.8 Å². The standard InChI is InChI=1S/C11H19NO3/c13-10-5-6-12(7-10)9-3-1-8(2-4-9)11(14)15/h8-10,13H,1-7H2,(H,14,15). The Hall–Kier alpha value is -0.610. The number of likely N-dealkylation sites (tertiary alicyclic amines) is 1. The number of aliphatic hydroxyl groups excluding tert-OH is 1. The smallest absolute Gasteiger partial charge is 0.306 e. The minimum atomic E-state index is -0.644. The van der Waals surface area contributed by atoms with E-state index >= 15 is 0 Å². The van der Waals surface area contributed by atoms with Crippen LogP contribution in [-0.2, 0) is 4.79 Å². The number of carboxylic acids is 1. The van der Waals surface area contributed by atoms with Crippen LogP contribution in [0.15, 0.2) is 0 Å². The number of rotatable bonds is 2. The van der Waals surface area contributed by atoms with Crippen molar-refractivity contribution >= 4 is 5.97 Å². The molecule has 0 aromatic carbocycles. The summed E-state index contributed by atoms with van der Waals surface area (Å²) in [4.78, 5) is 13.1. The SMILES string of the molecule is O=C(O)C1CCC(N2CCC(O)C2)CC1. The predicted molar refractivity (Wildman–Crippen MR) is 55.6 cm³/mol. The second-order valence-corrected chi connectivity index (χ2v) is 4.78. The number of aliphatic hydroxyl groups is 1. The van der Waals surface area contributed by atoms with Crippen molar-refractivity contribution in [3.63, 3.8) is 0 Å². The highest BCUT2D eigenvalue weighted by Gasteiger charge is 2.32. The molecule has 15 heavy (non-hydrogen) atoms. The first-order chi connectivity index (χ1) is 7.16. The highest BCUT2D eigenvalue weighted by molar-refractivity contribution is 5.70. The van der Waals surface area contributed by atoms with Crippen molar-refractivity contribution in [2.24, 2.45) is 5.92 Å². The van der Waals surface area contributed by atoms with E-state index in [9.17, 15) is 9.90 Å². The fourth-order valence-electron chi connectivity index (χ4n) is 2.79. The van der Waals surface area contributed by atoms with Gasteiger partial charge in [-0.25, -0.2) is 0 Å². The normalized spacial score (nSPS) is 38.1. The molecule has 0 aromatic heterocycles. The van der Waals surface area contributed by atoms with E-state index in [0.29, 0.717) is 6.04 Å². The Morgan fingerprint density at radius 2 is 1.80 bits per heavy atom. The summed E-state index contributed by atoms with van der Waals surface area (Å²) < 4.78 is 0. The first-order valence-corrected chi connectivity index (χ1v) is 5.81. The highest BCUT2D eigenvalue weighted by Crippen LogP contribution is 2.29. The van der Waals surface area contributed by atoms with Gasteiger partial charge in [0.1, 0.15) is 0 Å². The van der Waals surface area contributed by atoms with Gasteiger partial charge >= 0.3 is 5.97 Å². The molecular weight excluding hydrogens is 194 g/mol.